The Bertz CT molecular complexity index is 1180. The number of carbonyl (C=O) groups is 1. The third kappa shape index (κ3) is 3.82. The van der Waals surface area contributed by atoms with E-state index in [9.17, 15) is 13.2 Å². The number of thiophene rings is 1. The summed E-state index contributed by atoms with van der Waals surface area (Å²) in [6, 6.07) is 17.8. The number of hydrogen-bond acceptors (Lipinski definition) is 5. The molecule has 31 heavy (non-hydrogen) atoms. The minimum atomic E-state index is -3.68. The number of nitrogens with zero attached hydrogens (tertiary/aromatic N) is 2. The van der Waals surface area contributed by atoms with Gasteiger partial charge in [0.05, 0.1) is 0 Å². The van der Waals surface area contributed by atoms with Gasteiger partial charge in [-0.1, -0.05) is 48.5 Å². The van der Waals surface area contributed by atoms with Crippen LogP contribution < -0.4 is 0 Å². The molecule has 1 amide bonds. The highest BCUT2D eigenvalue weighted by Crippen LogP contribution is 2.35. The summed E-state index contributed by atoms with van der Waals surface area (Å²) >= 11 is 2.97. The second-order valence-corrected chi connectivity index (χ2v) is 11.7. The molecule has 160 valence electrons. The first-order chi connectivity index (χ1) is 15.1. The van der Waals surface area contributed by atoms with Crippen molar-refractivity contribution in [1.82, 2.24) is 9.21 Å². The van der Waals surface area contributed by atoms with Crippen LogP contribution in [0.1, 0.15) is 20.8 Å². The lowest BCUT2D eigenvalue weighted by Crippen LogP contribution is -2.38. The summed E-state index contributed by atoms with van der Waals surface area (Å²) in [7, 11) is -3.68. The van der Waals surface area contributed by atoms with Gasteiger partial charge in [0.15, 0.2) is 0 Å². The van der Waals surface area contributed by atoms with Gasteiger partial charge in [-0.25, -0.2) is 8.42 Å². The fourth-order valence-corrected chi connectivity index (χ4v) is 8.12. The number of rotatable bonds is 3. The van der Waals surface area contributed by atoms with Crippen molar-refractivity contribution < 1.29 is 13.2 Å². The summed E-state index contributed by atoms with van der Waals surface area (Å²) < 4.78 is 28.1. The van der Waals surface area contributed by atoms with Gasteiger partial charge in [-0.05, 0) is 33.7 Å². The van der Waals surface area contributed by atoms with Crippen LogP contribution in [0, 0.1) is 0 Å². The lowest BCUT2D eigenvalue weighted by atomic mass is 9.97. The van der Waals surface area contributed by atoms with Crippen molar-refractivity contribution in [1.29, 1.82) is 0 Å². The van der Waals surface area contributed by atoms with Gasteiger partial charge in [0, 0.05) is 37.7 Å². The molecule has 0 atom stereocenters. The molecule has 0 N–H and O–H groups in total. The van der Waals surface area contributed by atoms with Crippen molar-refractivity contribution in [3.8, 4) is 11.1 Å². The smallest absolute Gasteiger partial charge is 0.265 e. The van der Waals surface area contributed by atoms with Crippen LogP contribution in [-0.4, -0.2) is 48.1 Å². The van der Waals surface area contributed by atoms with Crippen LogP contribution in [0.5, 0.6) is 0 Å². The van der Waals surface area contributed by atoms with Crippen LogP contribution in [0.15, 0.2) is 64.9 Å². The van der Waals surface area contributed by atoms with E-state index < -0.39 is 10.0 Å². The molecule has 0 bridgehead atoms. The molecule has 1 saturated heterocycles. The second kappa shape index (κ2) is 8.43. The van der Waals surface area contributed by atoms with E-state index in [1.54, 1.807) is 28.1 Å². The Kier molecular flexibility index (Phi) is 5.64. The second-order valence-electron chi connectivity index (χ2n) is 7.61. The molecule has 2 aromatic carbocycles. The van der Waals surface area contributed by atoms with E-state index in [1.807, 2.05) is 36.4 Å². The minimum Gasteiger partial charge on any atom is -0.329 e. The lowest BCUT2D eigenvalue weighted by Gasteiger charge is -2.26. The molecule has 3 heterocycles. The third-order valence-electron chi connectivity index (χ3n) is 5.75. The first kappa shape index (κ1) is 20.8. The van der Waals surface area contributed by atoms with Gasteiger partial charge in [0.25, 0.3) is 5.91 Å². The molecule has 5 rings (SSSR count). The van der Waals surface area contributed by atoms with Crippen molar-refractivity contribution in [2.24, 2.45) is 0 Å². The molecule has 1 fully saturated rings. The average Bonchev–Trinajstić information content (AvgIpc) is 3.24. The molecule has 3 aromatic rings. The Balaban J connectivity index is 1.52. The van der Waals surface area contributed by atoms with Gasteiger partial charge >= 0.3 is 0 Å². The van der Waals surface area contributed by atoms with Crippen LogP contribution in [0.3, 0.4) is 0 Å². The molecule has 0 unspecified atom stereocenters. The zero-order valence-corrected chi connectivity index (χ0v) is 19.3. The van der Waals surface area contributed by atoms with Crippen LogP contribution in [0.4, 0.5) is 0 Å². The first-order valence-corrected chi connectivity index (χ1v) is 13.6. The molecular weight excluding hydrogens is 448 g/mol. The van der Waals surface area contributed by atoms with Gasteiger partial charge in [0.1, 0.15) is 9.77 Å². The number of thioether (sulfide) groups is 1. The number of fused-ring (bicyclic) bond motifs is 3. The normalized spacial score (nSPS) is 17.0. The fraction of sp³-hybridized carbons (Fsp3) is 0.261. The molecule has 5 nitrogen and oxygen atoms in total. The maximum absolute atomic E-state index is 13.6. The Morgan fingerprint density at radius 3 is 2.03 bits per heavy atom. The van der Waals surface area contributed by atoms with Gasteiger partial charge < -0.3 is 4.90 Å². The number of sulfonamides is 1. The highest BCUT2D eigenvalue weighted by molar-refractivity contribution is 7.99. The van der Waals surface area contributed by atoms with E-state index in [2.05, 4.69) is 12.1 Å². The third-order valence-corrected chi connectivity index (χ3v) is 9.66. The van der Waals surface area contributed by atoms with Crippen LogP contribution in [0.2, 0.25) is 0 Å². The summed E-state index contributed by atoms with van der Waals surface area (Å²) in [6.07, 6.45) is 0. The predicted molar refractivity (Wildman–Crippen MR) is 126 cm³/mol. The maximum atomic E-state index is 13.6. The Morgan fingerprint density at radius 1 is 0.839 bits per heavy atom. The molecule has 8 heteroatoms. The van der Waals surface area contributed by atoms with E-state index >= 15 is 0 Å². The number of amides is 1. The maximum Gasteiger partial charge on any atom is 0.265 e. The highest BCUT2D eigenvalue weighted by atomic mass is 32.2. The van der Waals surface area contributed by atoms with E-state index in [1.165, 1.54) is 15.6 Å². The van der Waals surface area contributed by atoms with Gasteiger partial charge in [0.2, 0.25) is 10.0 Å². The standard InChI is InChI=1S/C23H22N2O3S3/c26-23(22-21(9-12-30-22)31(27,28)25-10-13-29-14-11-25)24-15-17-5-1-3-7-19(17)20-8-4-2-6-18(20)16-24/h1-9,12H,10-11,13-16H2. The molecule has 2 aliphatic heterocycles. The van der Waals surface area contributed by atoms with Crippen molar-refractivity contribution in [3.63, 3.8) is 0 Å². The number of carbonyl (C=O) groups excluding carboxylic acids is 1. The van der Waals surface area contributed by atoms with Crippen molar-refractivity contribution >= 4 is 39.0 Å². The summed E-state index contributed by atoms with van der Waals surface area (Å²) in [6.45, 7) is 1.87. The van der Waals surface area contributed by atoms with Crippen molar-refractivity contribution in [2.45, 2.75) is 18.0 Å². The first-order valence-electron chi connectivity index (χ1n) is 10.2. The monoisotopic (exact) mass is 470 g/mol. The summed E-state index contributed by atoms with van der Waals surface area (Å²) in [4.78, 5) is 15.8. The zero-order chi connectivity index (χ0) is 21.4. The topological polar surface area (TPSA) is 57.7 Å². The molecular formula is C23H22N2O3S3. The summed E-state index contributed by atoms with van der Waals surface area (Å²) in [5, 5.41) is 1.71. The van der Waals surface area contributed by atoms with Crippen molar-refractivity contribution in [3.05, 3.63) is 76.0 Å². The fourth-order valence-electron chi connectivity index (χ4n) is 4.18. The van der Waals surface area contributed by atoms with Gasteiger partial charge in [-0.3, -0.25) is 4.79 Å². The number of hydrogen-bond donors (Lipinski definition) is 0. The largest absolute Gasteiger partial charge is 0.329 e. The quantitative estimate of drug-likeness (QED) is 0.572. The minimum absolute atomic E-state index is 0.139. The Hall–Kier alpha value is -2.13. The van der Waals surface area contributed by atoms with Crippen LogP contribution >= 0.6 is 23.1 Å². The molecule has 0 spiro atoms. The predicted octanol–water partition coefficient (Wildman–Crippen LogP) is 4.31. The van der Waals surface area contributed by atoms with Gasteiger partial charge in [-0.2, -0.15) is 16.1 Å². The molecule has 0 radical (unpaired) electrons. The Labute approximate surface area is 190 Å². The van der Waals surface area contributed by atoms with E-state index in [0.717, 1.165) is 33.8 Å². The highest BCUT2D eigenvalue weighted by Gasteiger charge is 2.33. The van der Waals surface area contributed by atoms with Crippen LogP contribution in [-0.2, 0) is 23.1 Å². The van der Waals surface area contributed by atoms with E-state index in [4.69, 9.17) is 0 Å². The molecule has 1 aromatic heterocycles. The van der Waals surface area contributed by atoms with E-state index in [0.29, 0.717) is 31.1 Å². The molecule has 2 aliphatic rings. The molecule has 0 aliphatic carbocycles. The van der Waals surface area contributed by atoms with Gasteiger partial charge in [-0.15, -0.1) is 11.3 Å². The number of benzene rings is 2. The summed E-state index contributed by atoms with van der Waals surface area (Å²) in [5.74, 6) is 1.34. The lowest BCUT2D eigenvalue weighted by molar-refractivity contribution is 0.0733. The SMILES string of the molecule is O=C(c1sccc1S(=O)(=O)N1CCSCC1)N1Cc2ccccc2-c2ccccc2C1. The molecule has 0 saturated carbocycles. The van der Waals surface area contributed by atoms with Crippen LogP contribution in [0.25, 0.3) is 11.1 Å². The Morgan fingerprint density at radius 2 is 1.42 bits per heavy atom. The van der Waals surface area contributed by atoms with Crippen molar-refractivity contribution in [2.75, 3.05) is 24.6 Å². The average molecular weight is 471 g/mol. The zero-order valence-electron chi connectivity index (χ0n) is 16.9. The van der Waals surface area contributed by atoms with E-state index in [-0.39, 0.29) is 10.8 Å². The summed E-state index contributed by atoms with van der Waals surface area (Å²) in [5.41, 5.74) is 4.38.